The van der Waals surface area contributed by atoms with Crippen molar-refractivity contribution in [2.45, 2.75) is 32.2 Å². The summed E-state index contributed by atoms with van der Waals surface area (Å²) in [5, 5.41) is 3.26. The molecule has 3 aromatic carbocycles. The lowest BCUT2D eigenvalue weighted by Gasteiger charge is -2.41. The average molecular weight is 607 g/mol. The maximum Gasteiger partial charge on any atom is 0.227 e. The highest BCUT2D eigenvalue weighted by molar-refractivity contribution is 9.10. The predicted octanol–water partition coefficient (Wildman–Crippen LogP) is 5.90. The molecule has 2 aliphatic heterocycles. The molecule has 2 saturated heterocycles. The zero-order chi connectivity index (χ0) is 28.2. The molecule has 40 heavy (non-hydrogen) atoms. The standard InChI is InChI=1S/C32H36BrN3O4/c1-21-7-10-25(11-8-21)36-30(37)14-12-27(31(36)23-9-13-28(39-2)29(17-23)40-3)32(38)34-19-22-15-16-35(20-22)26-6-4-5-24(33)18-26/h4-11,13,17-18,22,27,31H,12,14-16,19-20H2,1-3H3,(H,34,38). The number of ether oxygens (including phenoxy) is 2. The Bertz CT molecular complexity index is 1360. The van der Waals surface area contributed by atoms with E-state index in [2.05, 4.69) is 38.3 Å². The van der Waals surface area contributed by atoms with E-state index in [0.29, 0.717) is 36.8 Å². The van der Waals surface area contributed by atoms with Crippen LogP contribution in [0.3, 0.4) is 0 Å². The fourth-order valence-corrected chi connectivity index (χ4v) is 6.26. The van der Waals surface area contributed by atoms with Crippen molar-refractivity contribution >= 4 is 39.1 Å². The van der Waals surface area contributed by atoms with Gasteiger partial charge in [0, 0.05) is 41.9 Å². The molecule has 0 aromatic heterocycles. The number of piperidine rings is 1. The van der Waals surface area contributed by atoms with Crippen molar-refractivity contribution in [2.75, 3.05) is 43.7 Å². The number of amides is 2. The molecular weight excluding hydrogens is 570 g/mol. The van der Waals surface area contributed by atoms with Crippen LogP contribution in [-0.4, -0.2) is 45.7 Å². The first-order valence-corrected chi connectivity index (χ1v) is 14.6. The zero-order valence-electron chi connectivity index (χ0n) is 23.2. The third kappa shape index (κ3) is 5.97. The molecule has 3 aromatic rings. The number of carbonyl (C=O) groups excluding carboxylic acids is 2. The van der Waals surface area contributed by atoms with Gasteiger partial charge >= 0.3 is 0 Å². The van der Waals surface area contributed by atoms with Crippen LogP contribution >= 0.6 is 15.9 Å². The monoisotopic (exact) mass is 605 g/mol. The molecule has 0 spiro atoms. The molecule has 2 aliphatic rings. The van der Waals surface area contributed by atoms with Crippen LogP contribution < -0.4 is 24.6 Å². The number of anilines is 2. The third-order valence-corrected chi connectivity index (χ3v) is 8.51. The Morgan fingerprint density at radius 1 is 0.975 bits per heavy atom. The van der Waals surface area contributed by atoms with Crippen molar-refractivity contribution in [2.24, 2.45) is 11.8 Å². The fraction of sp³-hybridized carbons (Fsp3) is 0.375. The first-order valence-electron chi connectivity index (χ1n) is 13.8. The second-order valence-corrected chi connectivity index (χ2v) is 11.5. The van der Waals surface area contributed by atoms with E-state index in [1.54, 1.807) is 19.1 Å². The molecule has 210 valence electrons. The summed E-state index contributed by atoms with van der Waals surface area (Å²) < 4.78 is 12.1. The van der Waals surface area contributed by atoms with Gasteiger partial charge in [0.05, 0.1) is 26.2 Å². The van der Waals surface area contributed by atoms with Crippen LogP contribution in [0, 0.1) is 18.8 Å². The van der Waals surface area contributed by atoms with Crippen molar-refractivity contribution in [3.05, 3.63) is 82.3 Å². The van der Waals surface area contributed by atoms with E-state index in [4.69, 9.17) is 9.47 Å². The number of halogens is 1. The van der Waals surface area contributed by atoms with Gasteiger partial charge in [-0.2, -0.15) is 0 Å². The van der Waals surface area contributed by atoms with Gasteiger partial charge in [0.15, 0.2) is 11.5 Å². The largest absolute Gasteiger partial charge is 0.493 e. The third-order valence-electron chi connectivity index (χ3n) is 8.02. The van der Waals surface area contributed by atoms with Crippen LogP contribution in [0.25, 0.3) is 0 Å². The van der Waals surface area contributed by atoms with Gasteiger partial charge in [0.25, 0.3) is 0 Å². The minimum atomic E-state index is -0.467. The van der Waals surface area contributed by atoms with Crippen LogP contribution in [0.2, 0.25) is 0 Å². The lowest BCUT2D eigenvalue weighted by molar-refractivity contribution is -0.129. The second kappa shape index (κ2) is 12.3. The summed E-state index contributed by atoms with van der Waals surface area (Å²) in [5.41, 5.74) is 3.93. The van der Waals surface area contributed by atoms with E-state index in [-0.39, 0.29) is 11.8 Å². The molecule has 0 radical (unpaired) electrons. The van der Waals surface area contributed by atoms with Gasteiger partial charge < -0.3 is 24.6 Å². The van der Waals surface area contributed by atoms with Gasteiger partial charge in [-0.15, -0.1) is 0 Å². The lowest BCUT2D eigenvalue weighted by Crippen LogP contribution is -2.49. The molecule has 1 N–H and O–H groups in total. The Kier molecular flexibility index (Phi) is 8.64. The zero-order valence-corrected chi connectivity index (χ0v) is 24.8. The fourth-order valence-electron chi connectivity index (χ4n) is 5.88. The van der Waals surface area contributed by atoms with Crippen LogP contribution in [0.4, 0.5) is 11.4 Å². The van der Waals surface area contributed by atoms with Crippen molar-refractivity contribution in [3.8, 4) is 11.5 Å². The van der Waals surface area contributed by atoms with E-state index in [9.17, 15) is 9.59 Å². The Balaban J connectivity index is 1.38. The summed E-state index contributed by atoms with van der Waals surface area (Å²) in [4.78, 5) is 31.4. The van der Waals surface area contributed by atoms with Crippen LogP contribution in [0.1, 0.15) is 36.4 Å². The maximum atomic E-state index is 13.8. The highest BCUT2D eigenvalue weighted by atomic mass is 79.9. The summed E-state index contributed by atoms with van der Waals surface area (Å²) in [7, 11) is 3.19. The van der Waals surface area contributed by atoms with Gasteiger partial charge in [0.2, 0.25) is 11.8 Å². The average Bonchev–Trinajstić information content (AvgIpc) is 3.45. The van der Waals surface area contributed by atoms with Gasteiger partial charge in [-0.1, -0.05) is 45.8 Å². The predicted molar refractivity (Wildman–Crippen MR) is 161 cm³/mol. The Hall–Kier alpha value is -3.52. The molecule has 0 aliphatic carbocycles. The Labute approximate surface area is 244 Å². The Morgan fingerprint density at radius 2 is 1.75 bits per heavy atom. The molecule has 2 fully saturated rings. The molecule has 3 atom stereocenters. The first kappa shape index (κ1) is 28.0. The SMILES string of the molecule is COc1ccc(C2C(C(=O)NCC3CCN(c4cccc(Br)c4)C3)CCC(=O)N2c2ccc(C)cc2)cc1OC. The van der Waals surface area contributed by atoms with Gasteiger partial charge in [-0.3, -0.25) is 9.59 Å². The van der Waals surface area contributed by atoms with E-state index in [0.717, 1.165) is 40.8 Å². The van der Waals surface area contributed by atoms with E-state index >= 15 is 0 Å². The molecule has 3 unspecified atom stereocenters. The smallest absolute Gasteiger partial charge is 0.227 e. The number of aryl methyl sites for hydroxylation is 1. The summed E-state index contributed by atoms with van der Waals surface area (Å²) in [6.07, 6.45) is 1.82. The van der Waals surface area contributed by atoms with Gasteiger partial charge in [0.1, 0.15) is 0 Å². The minimum absolute atomic E-state index is 0.00754. The van der Waals surface area contributed by atoms with Crippen molar-refractivity contribution in [1.82, 2.24) is 5.32 Å². The molecule has 0 saturated carbocycles. The highest BCUT2D eigenvalue weighted by Crippen LogP contribution is 2.42. The molecule has 2 heterocycles. The van der Waals surface area contributed by atoms with Crippen molar-refractivity contribution in [1.29, 1.82) is 0 Å². The quantitative estimate of drug-likeness (QED) is 0.346. The normalized spacial score (nSPS) is 20.9. The summed E-state index contributed by atoms with van der Waals surface area (Å²) in [6.45, 7) is 4.49. The number of methoxy groups -OCH3 is 2. The summed E-state index contributed by atoms with van der Waals surface area (Å²) in [5.74, 6) is 1.12. The molecule has 2 amide bonds. The molecule has 7 nitrogen and oxygen atoms in total. The van der Waals surface area contributed by atoms with Gasteiger partial charge in [-0.05, 0) is 73.7 Å². The number of nitrogens with one attached hydrogen (secondary N) is 1. The minimum Gasteiger partial charge on any atom is -0.493 e. The Morgan fingerprint density at radius 3 is 2.48 bits per heavy atom. The number of carbonyl (C=O) groups is 2. The maximum absolute atomic E-state index is 13.8. The molecule has 8 heteroatoms. The number of hydrogen-bond donors (Lipinski definition) is 1. The number of rotatable bonds is 8. The number of benzene rings is 3. The summed E-state index contributed by atoms with van der Waals surface area (Å²) >= 11 is 3.56. The molecular formula is C32H36BrN3O4. The van der Waals surface area contributed by atoms with Crippen LogP contribution in [-0.2, 0) is 9.59 Å². The highest BCUT2D eigenvalue weighted by Gasteiger charge is 2.42. The van der Waals surface area contributed by atoms with E-state index < -0.39 is 12.0 Å². The number of hydrogen-bond acceptors (Lipinski definition) is 5. The second-order valence-electron chi connectivity index (χ2n) is 10.6. The lowest BCUT2D eigenvalue weighted by atomic mass is 9.83. The van der Waals surface area contributed by atoms with Crippen LogP contribution in [0.15, 0.2) is 71.2 Å². The van der Waals surface area contributed by atoms with E-state index in [1.165, 1.54) is 5.69 Å². The van der Waals surface area contributed by atoms with E-state index in [1.807, 2.05) is 61.5 Å². The van der Waals surface area contributed by atoms with Crippen molar-refractivity contribution < 1.29 is 19.1 Å². The first-order chi connectivity index (χ1) is 19.4. The van der Waals surface area contributed by atoms with Crippen molar-refractivity contribution in [3.63, 3.8) is 0 Å². The van der Waals surface area contributed by atoms with Crippen LogP contribution in [0.5, 0.6) is 11.5 Å². The molecule has 0 bridgehead atoms. The summed E-state index contributed by atoms with van der Waals surface area (Å²) in [6, 6.07) is 21.4. The van der Waals surface area contributed by atoms with Gasteiger partial charge in [-0.25, -0.2) is 0 Å². The molecule has 5 rings (SSSR count). The number of nitrogens with zero attached hydrogens (tertiary/aromatic N) is 2. The topological polar surface area (TPSA) is 71.1 Å².